The smallest absolute Gasteiger partial charge is 0.227 e. The van der Waals surface area contributed by atoms with E-state index >= 15 is 0 Å². The predicted molar refractivity (Wildman–Crippen MR) is 148 cm³/mol. The Balaban J connectivity index is 1.61. The largest absolute Gasteiger partial charge is 0.488 e. The van der Waals surface area contributed by atoms with E-state index in [0.717, 1.165) is 33.5 Å². The number of benzene rings is 2. The third-order valence-electron chi connectivity index (χ3n) is 6.25. The quantitative estimate of drug-likeness (QED) is 0.290. The minimum atomic E-state index is -0.466. The number of carbonyl (C=O) groups is 1. The molecule has 188 valence electrons. The number of ether oxygens (including phenoxy) is 1. The minimum Gasteiger partial charge on any atom is -0.488 e. The number of rotatable bonds is 6. The van der Waals surface area contributed by atoms with Crippen LogP contribution in [0.4, 0.5) is 5.95 Å². The predicted octanol–water partition coefficient (Wildman–Crippen LogP) is 7.70. The molecule has 1 N–H and O–H groups in total. The molecule has 36 heavy (non-hydrogen) atoms. The average Bonchev–Trinajstić information content (AvgIpc) is 3.19. The molecule has 1 aliphatic heterocycles. The summed E-state index contributed by atoms with van der Waals surface area (Å²) in [6.45, 7) is 6.55. The number of fused-ring (bicyclic) bond motifs is 1. The van der Waals surface area contributed by atoms with Crippen molar-refractivity contribution in [2.45, 2.75) is 51.4 Å². The van der Waals surface area contributed by atoms with Crippen LogP contribution in [-0.2, 0) is 11.4 Å². The summed E-state index contributed by atoms with van der Waals surface area (Å²) >= 11 is 17.6. The van der Waals surface area contributed by atoms with Gasteiger partial charge < -0.3 is 10.1 Å². The van der Waals surface area contributed by atoms with E-state index < -0.39 is 6.04 Å². The van der Waals surface area contributed by atoms with Crippen LogP contribution in [0.3, 0.4) is 0 Å². The maximum atomic E-state index is 13.6. The summed E-state index contributed by atoms with van der Waals surface area (Å²) in [4.78, 5) is 18.3. The van der Waals surface area contributed by atoms with Crippen LogP contribution in [0.25, 0.3) is 0 Å². The number of aromatic nitrogens is 3. The molecule has 5 rings (SSSR count). The van der Waals surface area contributed by atoms with Gasteiger partial charge in [-0.1, -0.05) is 77.7 Å². The Morgan fingerprint density at radius 1 is 1.22 bits per heavy atom. The highest BCUT2D eigenvalue weighted by atomic mass is 79.9. The van der Waals surface area contributed by atoms with E-state index in [0.29, 0.717) is 38.9 Å². The van der Waals surface area contributed by atoms with E-state index in [2.05, 4.69) is 42.0 Å². The molecular formula is C26H25BrCl2N4O2S. The van der Waals surface area contributed by atoms with Crippen molar-refractivity contribution >= 4 is 62.6 Å². The van der Waals surface area contributed by atoms with Crippen molar-refractivity contribution in [3.8, 4) is 5.75 Å². The van der Waals surface area contributed by atoms with Gasteiger partial charge in [-0.05, 0) is 47.9 Å². The maximum absolute atomic E-state index is 13.6. The van der Waals surface area contributed by atoms with Crippen molar-refractivity contribution in [3.63, 3.8) is 0 Å². The first kappa shape index (κ1) is 25.6. The molecular weight excluding hydrogens is 583 g/mol. The Labute approximate surface area is 232 Å². The standard InChI is InChI=1S/C26H25BrCl2N4O2S/c1-4-36-25-31-24-30-19-11-26(2,3)12-20(34)22(19)23(33(24)32-25)17-9-15(27)6-8-21(17)35-13-14-5-7-16(28)10-18(14)29/h5-10,23H,4,11-13H2,1-3H3,(H,30,31,32). The molecule has 0 saturated carbocycles. The number of anilines is 1. The molecule has 1 aromatic heterocycles. The number of hydrogen-bond acceptors (Lipinski definition) is 6. The Kier molecular flexibility index (Phi) is 7.15. The van der Waals surface area contributed by atoms with Crippen molar-refractivity contribution in [1.82, 2.24) is 14.8 Å². The van der Waals surface area contributed by atoms with Crippen molar-refractivity contribution in [1.29, 1.82) is 0 Å². The summed E-state index contributed by atoms with van der Waals surface area (Å²) in [7, 11) is 0. The molecule has 1 unspecified atom stereocenters. The minimum absolute atomic E-state index is 0.108. The number of halogens is 3. The zero-order valence-electron chi connectivity index (χ0n) is 20.1. The van der Waals surface area contributed by atoms with Crippen LogP contribution in [-0.4, -0.2) is 26.3 Å². The zero-order valence-corrected chi connectivity index (χ0v) is 24.0. The third kappa shape index (κ3) is 5.05. The van der Waals surface area contributed by atoms with Gasteiger partial charge in [0.2, 0.25) is 11.1 Å². The SMILES string of the molecule is CCSc1nc2n(n1)C(c1cc(Br)ccc1OCc1ccc(Cl)cc1Cl)C1=C(CC(C)(C)CC1=O)N2. The van der Waals surface area contributed by atoms with Crippen LogP contribution < -0.4 is 10.1 Å². The van der Waals surface area contributed by atoms with Gasteiger partial charge >= 0.3 is 0 Å². The summed E-state index contributed by atoms with van der Waals surface area (Å²) in [5, 5.41) is 9.98. The molecule has 2 heterocycles. The summed E-state index contributed by atoms with van der Waals surface area (Å²) in [6, 6.07) is 10.7. The molecule has 6 nitrogen and oxygen atoms in total. The van der Waals surface area contributed by atoms with Crippen molar-refractivity contribution in [3.05, 3.63) is 73.3 Å². The lowest BCUT2D eigenvalue weighted by molar-refractivity contribution is -0.118. The number of ketones is 1. The zero-order chi connectivity index (χ0) is 25.6. The normalized spacial score (nSPS) is 18.5. The van der Waals surface area contributed by atoms with E-state index in [-0.39, 0.29) is 17.8 Å². The lowest BCUT2D eigenvalue weighted by atomic mass is 9.73. The molecule has 0 amide bonds. The first-order valence-electron chi connectivity index (χ1n) is 11.6. The van der Waals surface area contributed by atoms with Gasteiger partial charge in [-0.15, -0.1) is 5.10 Å². The molecule has 10 heteroatoms. The monoisotopic (exact) mass is 606 g/mol. The fourth-order valence-corrected chi connectivity index (χ4v) is 6.12. The van der Waals surface area contributed by atoms with Gasteiger partial charge in [-0.25, -0.2) is 4.68 Å². The van der Waals surface area contributed by atoms with E-state index in [1.54, 1.807) is 23.9 Å². The van der Waals surface area contributed by atoms with Gasteiger partial charge in [-0.3, -0.25) is 4.79 Å². The second-order valence-electron chi connectivity index (χ2n) is 9.66. The van der Waals surface area contributed by atoms with Crippen LogP contribution in [0.15, 0.2) is 57.3 Å². The third-order valence-corrected chi connectivity index (χ3v) is 8.05. The Morgan fingerprint density at radius 3 is 2.78 bits per heavy atom. The van der Waals surface area contributed by atoms with Crippen LogP contribution in [0.2, 0.25) is 10.0 Å². The van der Waals surface area contributed by atoms with E-state index in [1.165, 1.54) is 0 Å². The first-order valence-corrected chi connectivity index (χ1v) is 14.2. The second-order valence-corrected chi connectivity index (χ2v) is 12.7. The van der Waals surface area contributed by atoms with Gasteiger partial charge in [0.1, 0.15) is 18.4 Å². The molecule has 1 aliphatic carbocycles. The number of thioether (sulfide) groups is 1. The van der Waals surface area contributed by atoms with Gasteiger partial charge in [0.15, 0.2) is 5.78 Å². The van der Waals surface area contributed by atoms with Gasteiger partial charge in [-0.2, -0.15) is 4.98 Å². The number of nitrogens with zero attached hydrogens (tertiary/aromatic N) is 3. The summed E-state index contributed by atoms with van der Waals surface area (Å²) in [5.41, 5.74) is 3.13. The van der Waals surface area contributed by atoms with Crippen LogP contribution >= 0.6 is 50.9 Å². The number of allylic oxidation sites excluding steroid dienone is 2. The van der Waals surface area contributed by atoms with E-state index in [4.69, 9.17) is 38.0 Å². The van der Waals surface area contributed by atoms with Crippen molar-refractivity contribution in [2.75, 3.05) is 11.1 Å². The molecule has 0 saturated heterocycles. The van der Waals surface area contributed by atoms with Crippen LogP contribution in [0.1, 0.15) is 50.8 Å². The molecule has 2 aliphatic rings. The van der Waals surface area contributed by atoms with E-state index in [1.807, 2.05) is 28.9 Å². The molecule has 1 atom stereocenters. The molecule has 0 fully saturated rings. The number of Topliss-reactive ketones (excluding diaryl/α,β-unsaturated/α-hetero) is 1. The van der Waals surface area contributed by atoms with Crippen LogP contribution in [0, 0.1) is 5.41 Å². The second kappa shape index (κ2) is 10.0. The van der Waals surface area contributed by atoms with Gasteiger partial charge in [0, 0.05) is 43.3 Å². The molecule has 3 aromatic rings. The van der Waals surface area contributed by atoms with E-state index in [9.17, 15) is 4.79 Å². The molecule has 0 radical (unpaired) electrons. The molecule has 0 spiro atoms. The summed E-state index contributed by atoms with van der Waals surface area (Å²) in [5.74, 6) is 2.23. The number of hydrogen-bond donors (Lipinski definition) is 1. The molecule has 0 bridgehead atoms. The lowest BCUT2D eigenvalue weighted by Crippen LogP contribution is -2.36. The average molecular weight is 608 g/mol. The summed E-state index contributed by atoms with van der Waals surface area (Å²) < 4.78 is 9.00. The van der Waals surface area contributed by atoms with Crippen molar-refractivity contribution in [2.24, 2.45) is 5.41 Å². The highest BCUT2D eigenvalue weighted by molar-refractivity contribution is 9.10. The lowest BCUT2D eigenvalue weighted by Gasteiger charge is -2.38. The Morgan fingerprint density at radius 2 is 2.03 bits per heavy atom. The highest BCUT2D eigenvalue weighted by Crippen LogP contribution is 2.47. The molecule has 2 aromatic carbocycles. The van der Waals surface area contributed by atoms with Gasteiger partial charge in [0.05, 0.1) is 0 Å². The van der Waals surface area contributed by atoms with Crippen molar-refractivity contribution < 1.29 is 9.53 Å². The topological polar surface area (TPSA) is 69.0 Å². The maximum Gasteiger partial charge on any atom is 0.227 e. The Bertz CT molecular complexity index is 1390. The first-order chi connectivity index (χ1) is 17.1. The van der Waals surface area contributed by atoms with Gasteiger partial charge in [0.25, 0.3) is 0 Å². The highest BCUT2D eigenvalue weighted by Gasteiger charge is 2.42. The summed E-state index contributed by atoms with van der Waals surface area (Å²) in [6.07, 6.45) is 1.22. The fourth-order valence-electron chi connectivity index (χ4n) is 4.73. The number of carbonyl (C=O) groups excluding carboxylic acids is 1. The Hall–Kier alpha value is -2.00. The fraction of sp³-hybridized carbons (Fsp3) is 0.346. The number of nitrogens with one attached hydrogen (secondary N) is 1. The van der Waals surface area contributed by atoms with Crippen LogP contribution in [0.5, 0.6) is 5.75 Å².